The third-order valence-electron chi connectivity index (χ3n) is 2.27. The maximum Gasteiger partial charge on any atom is 0.310 e. The highest BCUT2D eigenvalue weighted by molar-refractivity contribution is 5.73. The molecule has 6 nitrogen and oxygen atoms in total. The largest absolute Gasteiger partial charge is 0.481 e. The lowest BCUT2D eigenvalue weighted by atomic mass is 10.0. The van der Waals surface area contributed by atoms with Crippen LogP contribution in [0.5, 0.6) is 0 Å². The van der Waals surface area contributed by atoms with E-state index in [-0.39, 0.29) is 5.92 Å². The molecule has 76 valence electrons. The molecule has 1 aliphatic heterocycles. The van der Waals surface area contributed by atoms with Crippen molar-refractivity contribution in [2.24, 2.45) is 5.92 Å². The molecule has 0 bridgehead atoms. The molecule has 1 aromatic rings. The van der Waals surface area contributed by atoms with Crippen LogP contribution in [0.25, 0.3) is 0 Å². The van der Waals surface area contributed by atoms with Crippen molar-refractivity contribution in [1.29, 1.82) is 5.26 Å². The number of hydrogen-bond donors (Lipinski definition) is 1. The van der Waals surface area contributed by atoms with Crippen molar-refractivity contribution in [3.63, 3.8) is 0 Å². The van der Waals surface area contributed by atoms with Gasteiger partial charge in [-0.15, -0.1) is 0 Å². The molecule has 1 aliphatic rings. The fraction of sp³-hybridized carbons (Fsp3) is 0.333. The molecule has 0 atom stereocenters. The maximum absolute atomic E-state index is 10.6. The monoisotopic (exact) mass is 204 g/mol. The van der Waals surface area contributed by atoms with Crippen molar-refractivity contribution < 1.29 is 9.90 Å². The molecule has 0 radical (unpaired) electrons. The molecular weight excluding hydrogens is 196 g/mol. The Balaban J connectivity index is 2.07. The van der Waals surface area contributed by atoms with Gasteiger partial charge in [-0.25, -0.2) is 9.97 Å². The SMILES string of the molecule is N#Cc1ccnc(N2CC(C(=O)O)C2)n1. The Morgan fingerprint density at radius 3 is 3.00 bits per heavy atom. The summed E-state index contributed by atoms with van der Waals surface area (Å²) in [5.41, 5.74) is 0.291. The molecular formula is C9H8N4O2. The number of hydrogen-bond acceptors (Lipinski definition) is 5. The van der Waals surface area contributed by atoms with Crippen LogP contribution in [0.1, 0.15) is 5.69 Å². The summed E-state index contributed by atoms with van der Waals surface area (Å²) in [5, 5.41) is 17.3. The quantitative estimate of drug-likeness (QED) is 0.721. The molecule has 1 N–H and O–H groups in total. The van der Waals surface area contributed by atoms with E-state index in [2.05, 4.69) is 9.97 Å². The van der Waals surface area contributed by atoms with Crippen LogP contribution in [0.2, 0.25) is 0 Å². The van der Waals surface area contributed by atoms with Crippen LogP contribution >= 0.6 is 0 Å². The number of anilines is 1. The highest BCUT2D eigenvalue weighted by Crippen LogP contribution is 2.20. The molecule has 0 saturated carbocycles. The second kappa shape index (κ2) is 3.53. The molecule has 0 amide bonds. The van der Waals surface area contributed by atoms with Gasteiger partial charge in [-0.3, -0.25) is 4.79 Å². The van der Waals surface area contributed by atoms with E-state index in [4.69, 9.17) is 10.4 Å². The molecule has 0 spiro atoms. The van der Waals surface area contributed by atoms with Gasteiger partial charge in [0.15, 0.2) is 0 Å². The minimum absolute atomic E-state index is 0.291. The second-order valence-electron chi connectivity index (χ2n) is 3.29. The average Bonchev–Trinajstić information content (AvgIpc) is 2.15. The Morgan fingerprint density at radius 1 is 1.67 bits per heavy atom. The predicted molar refractivity (Wildman–Crippen MR) is 50.1 cm³/mol. The van der Waals surface area contributed by atoms with E-state index in [9.17, 15) is 4.79 Å². The number of carboxylic acid groups (broad SMARTS) is 1. The van der Waals surface area contributed by atoms with Gasteiger partial charge < -0.3 is 10.0 Å². The van der Waals surface area contributed by atoms with E-state index in [1.165, 1.54) is 12.3 Å². The number of nitrogens with zero attached hydrogens (tertiary/aromatic N) is 4. The predicted octanol–water partition coefficient (Wildman–Crippen LogP) is -0.131. The summed E-state index contributed by atoms with van der Waals surface area (Å²) in [7, 11) is 0. The Labute approximate surface area is 85.8 Å². The molecule has 2 rings (SSSR count). The summed E-state index contributed by atoms with van der Waals surface area (Å²) >= 11 is 0. The van der Waals surface area contributed by atoms with Crippen molar-refractivity contribution in [2.45, 2.75) is 0 Å². The lowest BCUT2D eigenvalue weighted by Gasteiger charge is -2.36. The maximum atomic E-state index is 10.6. The van der Waals surface area contributed by atoms with Crippen LogP contribution in [0, 0.1) is 17.2 Å². The summed E-state index contributed by atoms with van der Waals surface area (Å²) in [5.74, 6) is -0.728. The van der Waals surface area contributed by atoms with Crippen LogP contribution in [-0.4, -0.2) is 34.1 Å². The molecule has 0 unspecified atom stereocenters. The zero-order chi connectivity index (χ0) is 10.8. The lowest BCUT2D eigenvalue weighted by molar-refractivity contribution is -0.142. The minimum atomic E-state index is -0.803. The van der Waals surface area contributed by atoms with Crippen LogP contribution in [0.3, 0.4) is 0 Å². The van der Waals surface area contributed by atoms with Crippen LogP contribution < -0.4 is 4.90 Å². The topological polar surface area (TPSA) is 90.1 Å². The van der Waals surface area contributed by atoms with E-state index >= 15 is 0 Å². The number of aromatic nitrogens is 2. The Morgan fingerprint density at radius 2 is 2.40 bits per heavy atom. The number of nitriles is 1. The van der Waals surface area contributed by atoms with Gasteiger partial charge in [-0.1, -0.05) is 0 Å². The molecule has 6 heteroatoms. The van der Waals surface area contributed by atoms with Crippen molar-refractivity contribution in [3.05, 3.63) is 18.0 Å². The highest BCUT2D eigenvalue weighted by Gasteiger charge is 2.34. The van der Waals surface area contributed by atoms with Crippen LogP contribution in [0.15, 0.2) is 12.3 Å². The van der Waals surface area contributed by atoms with Crippen molar-refractivity contribution >= 4 is 11.9 Å². The molecule has 1 aromatic heterocycles. The number of carboxylic acids is 1. The molecule has 1 saturated heterocycles. The van der Waals surface area contributed by atoms with Crippen LogP contribution in [-0.2, 0) is 4.79 Å². The van der Waals surface area contributed by atoms with Crippen molar-refractivity contribution in [3.8, 4) is 6.07 Å². The zero-order valence-electron chi connectivity index (χ0n) is 7.79. The van der Waals surface area contributed by atoms with E-state index in [0.29, 0.717) is 24.7 Å². The van der Waals surface area contributed by atoms with E-state index in [1.54, 1.807) is 4.90 Å². The number of carbonyl (C=O) groups is 1. The van der Waals surface area contributed by atoms with Gasteiger partial charge in [0.1, 0.15) is 11.8 Å². The smallest absolute Gasteiger partial charge is 0.310 e. The Kier molecular flexibility index (Phi) is 2.21. The van der Waals surface area contributed by atoms with E-state index < -0.39 is 5.97 Å². The van der Waals surface area contributed by atoms with Gasteiger partial charge in [0, 0.05) is 19.3 Å². The summed E-state index contributed by atoms with van der Waals surface area (Å²) < 4.78 is 0. The summed E-state index contributed by atoms with van der Waals surface area (Å²) in [6, 6.07) is 3.42. The van der Waals surface area contributed by atoms with Gasteiger partial charge in [0.25, 0.3) is 0 Å². The number of rotatable bonds is 2. The fourth-order valence-corrected chi connectivity index (χ4v) is 1.36. The van der Waals surface area contributed by atoms with Gasteiger partial charge in [0.2, 0.25) is 5.95 Å². The highest BCUT2D eigenvalue weighted by atomic mass is 16.4. The first kappa shape index (κ1) is 9.40. The molecule has 1 fully saturated rings. The zero-order valence-corrected chi connectivity index (χ0v) is 7.79. The van der Waals surface area contributed by atoms with E-state index in [0.717, 1.165) is 0 Å². The third kappa shape index (κ3) is 1.72. The molecule has 0 aromatic carbocycles. The van der Waals surface area contributed by atoms with Gasteiger partial charge >= 0.3 is 5.97 Å². The van der Waals surface area contributed by atoms with Crippen LogP contribution in [0.4, 0.5) is 5.95 Å². The third-order valence-corrected chi connectivity index (χ3v) is 2.27. The Bertz CT molecular complexity index is 434. The summed E-state index contributed by atoms with van der Waals surface area (Å²) in [4.78, 5) is 20.2. The van der Waals surface area contributed by atoms with Gasteiger partial charge in [-0.05, 0) is 6.07 Å². The lowest BCUT2D eigenvalue weighted by Crippen LogP contribution is -2.51. The first-order chi connectivity index (χ1) is 7.20. The summed E-state index contributed by atoms with van der Waals surface area (Å²) in [6.45, 7) is 0.814. The second-order valence-corrected chi connectivity index (χ2v) is 3.29. The van der Waals surface area contributed by atoms with Gasteiger partial charge in [-0.2, -0.15) is 5.26 Å². The van der Waals surface area contributed by atoms with Crippen molar-refractivity contribution in [2.75, 3.05) is 18.0 Å². The average molecular weight is 204 g/mol. The standard InChI is InChI=1S/C9H8N4O2/c10-3-7-1-2-11-9(12-7)13-4-6(5-13)8(14)15/h1-2,6H,4-5H2,(H,14,15). The minimum Gasteiger partial charge on any atom is -0.481 e. The fourth-order valence-electron chi connectivity index (χ4n) is 1.36. The molecule has 0 aliphatic carbocycles. The number of aliphatic carboxylic acids is 1. The van der Waals surface area contributed by atoms with E-state index in [1.807, 2.05) is 6.07 Å². The summed E-state index contributed by atoms with van der Waals surface area (Å²) in [6.07, 6.45) is 1.50. The first-order valence-electron chi connectivity index (χ1n) is 4.41. The Hall–Kier alpha value is -2.16. The molecule has 15 heavy (non-hydrogen) atoms. The molecule has 2 heterocycles. The van der Waals surface area contributed by atoms with Crippen molar-refractivity contribution in [1.82, 2.24) is 9.97 Å². The van der Waals surface area contributed by atoms with Gasteiger partial charge in [0.05, 0.1) is 5.92 Å². The normalized spacial score (nSPS) is 15.5. The first-order valence-corrected chi connectivity index (χ1v) is 4.41.